The highest BCUT2D eigenvalue weighted by Crippen LogP contribution is 2.16. The van der Waals surface area contributed by atoms with Crippen LogP contribution >= 0.6 is 0 Å². The monoisotopic (exact) mass is 213 g/mol. The van der Waals surface area contributed by atoms with Gasteiger partial charge in [-0.15, -0.1) is 0 Å². The largest absolute Gasteiger partial charge is 0.377 e. The van der Waals surface area contributed by atoms with Crippen LogP contribution in [0.15, 0.2) is 6.07 Å². The van der Waals surface area contributed by atoms with E-state index in [0.717, 1.165) is 11.4 Å². The zero-order chi connectivity index (χ0) is 10.8. The molecule has 0 saturated carbocycles. The summed E-state index contributed by atoms with van der Waals surface area (Å²) >= 11 is 0. The van der Waals surface area contributed by atoms with Crippen molar-refractivity contribution in [1.29, 1.82) is 0 Å². The lowest BCUT2D eigenvalue weighted by Gasteiger charge is -2.23. The van der Waals surface area contributed by atoms with Gasteiger partial charge in [0.1, 0.15) is 6.17 Å². The Balaban J connectivity index is 1.94. The third-order valence-corrected chi connectivity index (χ3v) is 2.72. The molecule has 1 aliphatic rings. The molecule has 1 aromatic rings. The molecule has 0 bridgehead atoms. The first-order valence-electron chi connectivity index (χ1n) is 5.10. The van der Waals surface area contributed by atoms with E-state index in [-0.39, 0.29) is 12.6 Å². The molecule has 2 heterocycles. The summed E-state index contributed by atoms with van der Waals surface area (Å²) in [6.07, 6.45) is -0.880. The minimum Gasteiger partial charge on any atom is -0.377 e. The Morgan fingerprint density at radius 3 is 3.00 bits per heavy atom. The predicted molar refractivity (Wildman–Crippen MR) is 54.3 cm³/mol. The van der Waals surface area contributed by atoms with Crippen LogP contribution in [0.4, 0.5) is 4.39 Å². The molecule has 2 atom stereocenters. The molecular weight excluding hydrogens is 197 g/mol. The molecule has 5 heteroatoms. The fraction of sp³-hybridized carbons (Fsp3) is 0.700. The van der Waals surface area contributed by atoms with Gasteiger partial charge >= 0.3 is 0 Å². The number of nitrogens with zero attached hydrogens (tertiary/aromatic N) is 2. The first kappa shape index (κ1) is 10.6. The highest BCUT2D eigenvalue weighted by Gasteiger charge is 2.31. The maximum absolute atomic E-state index is 13.4. The second-order valence-electron chi connectivity index (χ2n) is 4.08. The summed E-state index contributed by atoms with van der Waals surface area (Å²) in [7, 11) is 1.90. The molecule has 84 valence electrons. The number of likely N-dealkylation sites (N-methyl/N-ethyl adjacent to an activating group) is 1. The fourth-order valence-corrected chi connectivity index (χ4v) is 1.85. The fourth-order valence-electron chi connectivity index (χ4n) is 1.85. The number of halogens is 1. The van der Waals surface area contributed by atoms with Crippen molar-refractivity contribution in [3.05, 3.63) is 17.5 Å². The lowest BCUT2D eigenvalue weighted by Crippen LogP contribution is -2.38. The number of H-pyrrole nitrogens is 1. The van der Waals surface area contributed by atoms with E-state index in [1.807, 2.05) is 24.9 Å². The van der Waals surface area contributed by atoms with Crippen molar-refractivity contribution in [3.8, 4) is 0 Å². The average molecular weight is 213 g/mol. The number of hydrogen-bond donors (Lipinski definition) is 1. The van der Waals surface area contributed by atoms with Crippen LogP contribution in [-0.4, -0.2) is 47.6 Å². The molecule has 2 unspecified atom stereocenters. The molecule has 4 nitrogen and oxygen atoms in total. The summed E-state index contributed by atoms with van der Waals surface area (Å²) in [5.41, 5.74) is 1.96. The third kappa shape index (κ3) is 2.35. The Kier molecular flexibility index (Phi) is 3.02. The smallest absolute Gasteiger partial charge is 0.141 e. The first-order valence-corrected chi connectivity index (χ1v) is 5.10. The first-order chi connectivity index (χ1) is 7.16. The molecule has 1 N–H and O–H groups in total. The molecule has 0 spiro atoms. The van der Waals surface area contributed by atoms with Crippen molar-refractivity contribution in [3.63, 3.8) is 0 Å². The molecule has 0 aliphatic carbocycles. The van der Waals surface area contributed by atoms with Crippen LogP contribution in [0.25, 0.3) is 0 Å². The third-order valence-electron chi connectivity index (χ3n) is 2.72. The van der Waals surface area contributed by atoms with Crippen molar-refractivity contribution in [1.82, 2.24) is 15.1 Å². The Hall–Kier alpha value is -0.940. The van der Waals surface area contributed by atoms with E-state index >= 15 is 0 Å². The second kappa shape index (κ2) is 4.28. The number of aromatic nitrogens is 2. The van der Waals surface area contributed by atoms with Crippen LogP contribution in [0.2, 0.25) is 0 Å². The quantitative estimate of drug-likeness (QED) is 0.810. The van der Waals surface area contributed by atoms with E-state index in [0.29, 0.717) is 13.2 Å². The van der Waals surface area contributed by atoms with Gasteiger partial charge in [-0.2, -0.15) is 5.10 Å². The molecule has 2 rings (SSSR count). The van der Waals surface area contributed by atoms with Gasteiger partial charge in [0, 0.05) is 12.2 Å². The van der Waals surface area contributed by atoms with Crippen molar-refractivity contribution in [2.24, 2.45) is 0 Å². The molecule has 0 radical (unpaired) electrons. The average Bonchev–Trinajstić information content (AvgIpc) is 2.75. The minimum absolute atomic E-state index is 0.137. The van der Waals surface area contributed by atoms with E-state index in [1.165, 1.54) is 0 Å². The number of nitrogens with one attached hydrogen (secondary N) is 1. The Labute approximate surface area is 88.4 Å². The van der Waals surface area contributed by atoms with Gasteiger partial charge in [-0.3, -0.25) is 10.00 Å². The van der Waals surface area contributed by atoms with Crippen LogP contribution in [0, 0.1) is 6.92 Å². The number of aryl methyl sites for hydroxylation is 1. The number of rotatable bonds is 3. The standard InChI is InChI=1S/C10H16FN3O/c1-7-3-8(13-12-7)4-14(2)10-6-15-5-9(10)11/h3,9-10H,4-6H2,1-2H3,(H,12,13). The molecular formula is C10H16FN3O. The van der Waals surface area contributed by atoms with E-state index in [9.17, 15) is 4.39 Å². The van der Waals surface area contributed by atoms with E-state index in [4.69, 9.17) is 4.74 Å². The SMILES string of the molecule is Cc1cc(CN(C)C2COCC2F)n[nH]1. The van der Waals surface area contributed by atoms with Crippen LogP contribution < -0.4 is 0 Å². The molecule has 1 aromatic heterocycles. The number of alkyl halides is 1. The maximum Gasteiger partial charge on any atom is 0.141 e. The zero-order valence-electron chi connectivity index (χ0n) is 9.03. The summed E-state index contributed by atoms with van der Waals surface area (Å²) in [5, 5.41) is 7.00. The van der Waals surface area contributed by atoms with Crippen molar-refractivity contribution < 1.29 is 9.13 Å². The van der Waals surface area contributed by atoms with Crippen molar-refractivity contribution in [2.45, 2.75) is 25.7 Å². The molecule has 1 fully saturated rings. The van der Waals surface area contributed by atoms with Gasteiger partial charge in [-0.25, -0.2) is 4.39 Å². The summed E-state index contributed by atoms with van der Waals surface area (Å²) in [6, 6.07) is 1.83. The van der Waals surface area contributed by atoms with Crippen LogP contribution in [0.3, 0.4) is 0 Å². The van der Waals surface area contributed by atoms with Gasteiger partial charge < -0.3 is 4.74 Å². The van der Waals surface area contributed by atoms with E-state index in [1.54, 1.807) is 0 Å². The van der Waals surface area contributed by atoms with E-state index in [2.05, 4.69) is 10.2 Å². The summed E-state index contributed by atoms with van der Waals surface area (Å²) < 4.78 is 18.4. The highest BCUT2D eigenvalue weighted by molar-refractivity contribution is 5.06. The van der Waals surface area contributed by atoms with Gasteiger partial charge in [0.2, 0.25) is 0 Å². The van der Waals surface area contributed by atoms with E-state index < -0.39 is 6.17 Å². The lowest BCUT2D eigenvalue weighted by molar-refractivity contribution is 0.153. The van der Waals surface area contributed by atoms with Gasteiger partial charge in [-0.05, 0) is 20.0 Å². The van der Waals surface area contributed by atoms with Gasteiger partial charge in [-0.1, -0.05) is 0 Å². The molecule has 0 aromatic carbocycles. The van der Waals surface area contributed by atoms with Gasteiger partial charge in [0.05, 0.1) is 24.9 Å². The molecule has 1 saturated heterocycles. The lowest BCUT2D eigenvalue weighted by atomic mass is 10.2. The Morgan fingerprint density at radius 1 is 1.67 bits per heavy atom. The summed E-state index contributed by atoms with van der Waals surface area (Å²) in [6.45, 7) is 3.29. The minimum atomic E-state index is -0.880. The van der Waals surface area contributed by atoms with Crippen LogP contribution in [0.1, 0.15) is 11.4 Å². The van der Waals surface area contributed by atoms with Gasteiger partial charge in [0.15, 0.2) is 0 Å². The second-order valence-corrected chi connectivity index (χ2v) is 4.08. The van der Waals surface area contributed by atoms with Crippen LogP contribution in [0.5, 0.6) is 0 Å². The number of aromatic amines is 1. The van der Waals surface area contributed by atoms with Crippen molar-refractivity contribution in [2.75, 3.05) is 20.3 Å². The van der Waals surface area contributed by atoms with Crippen LogP contribution in [-0.2, 0) is 11.3 Å². The summed E-state index contributed by atoms with van der Waals surface area (Å²) in [4.78, 5) is 1.95. The number of hydrogen-bond acceptors (Lipinski definition) is 3. The zero-order valence-corrected chi connectivity index (χ0v) is 9.03. The Morgan fingerprint density at radius 2 is 2.47 bits per heavy atom. The molecule has 0 amide bonds. The Bertz CT molecular complexity index is 328. The highest BCUT2D eigenvalue weighted by atomic mass is 19.1. The van der Waals surface area contributed by atoms with Crippen molar-refractivity contribution >= 4 is 0 Å². The maximum atomic E-state index is 13.4. The topological polar surface area (TPSA) is 41.1 Å². The number of ether oxygens (including phenoxy) is 1. The predicted octanol–water partition coefficient (Wildman–Crippen LogP) is 0.887. The molecule has 15 heavy (non-hydrogen) atoms. The normalized spacial score (nSPS) is 26.4. The summed E-state index contributed by atoms with van der Waals surface area (Å²) in [5.74, 6) is 0. The molecule has 1 aliphatic heterocycles. The van der Waals surface area contributed by atoms with Gasteiger partial charge in [0.25, 0.3) is 0 Å².